The van der Waals surface area contributed by atoms with Gasteiger partial charge < -0.3 is 14.6 Å². The summed E-state index contributed by atoms with van der Waals surface area (Å²) in [5.41, 5.74) is 3.05. The number of rotatable bonds is 5. The minimum atomic E-state index is -3.33. The third kappa shape index (κ3) is 3.76. The van der Waals surface area contributed by atoms with Gasteiger partial charge in [-0.3, -0.25) is 9.69 Å². The fraction of sp³-hybridized carbons (Fsp3) is 0.625. The van der Waals surface area contributed by atoms with Crippen molar-refractivity contribution in [2.75, 3.05) is 32.9 Å². The molecule has 1 aromatic carbocycles. The highest BCUT2D eigenvalue weighted by Gasteiger charge is 2.44. The fourth-order valence-corrected chi connectivity index (χ4v) is 7.39. The Morgan fingerprint density at radius 3 is 2.62 bits per heavy atom. The molecule has 8 heteroatoms. The van der Waals surface area contributed by atoms with Crippen molar-refractivity contribution in [3.8, 4) is 0 Å². The molecule has 5 rings (SSSR count). The van der Waals surface area contributed by atoms with Crippen molar-refractivity contribution in [1.82, 2.24) is 14.8 Å². The van der Waals surface area contributed by atoms with Gasteiger partial charge in [0.05, 0.1) is 0 Å². The standard InChI is InChI=1S/C24H33N3O4S/c1-26-14-16(24(31-15-28)27-10-5-3-4-6-11-27)12-18-17-8-7-9-20-22(17)19(13-21(18)26)23(25-20)32(2,29)30/h7-9,15-16,18,21,24-25H,3-6,10-14H2,1-2H3/t16-,18?,21-,24?/m1/s1. The Morgan fingerprint density at radius 1 is 1.19 bits per heavy atom. The molecule has 2 unspecified atom stereocenters. The van der Waals surface area contributed by atoms with Gasteiger partial charge in [-0.2, -0.15) is 0 Å². The topological polar surface area (TPSA) is 82.7 Å². The van der Waals surface area contributed by atoms with Gasteiger partial charge in [-0.25, -0.2) is 8.42 Å². The van der Waals surface area contributed by atoms with E-state index in [1.165, 1.54) is 24.7 Å². The Balaban J connectivity index is 1.52. The highest BCUT2D eigenvalue weighted by Crippen LogP contribution is 2.47. The van der Waals surface area contributed by atoms with E-state index in [-0.39, 0.29) is 24.1 Å². The van der Waals surface area contributed by atoms with Gasteiger partial charge in [-0.1, -0.05) is 25.0 Å². The minimum Gasteiger partial charge on any atom is -0.448 e. The summed E-state index contributed by atoms with van der Waals surface area (Å²) in [6.07, 6.45) is 7.50. The molecule has 0 bridgehead atoms. The Bertz CT molecular complexity index is 1100. The van der Waals surface area contributed by atoms with E-state index in [0.717, 1.165) is 61.8 Å². The second-order valence-electron chi connectivity index (χ2n) is 9.86. The predicted octanol–water partition coefficient (Wildman–Crippen LogP) is 2.91. The first-order valence-corrected chi connectivity index (χ1v) is 13.6. The van der Waals surface area contributed by atoms with Gasteiger partial charge in [0.15, 0.2) is 16.1 Å². The van der Waals surface area contributed by atoms with Crippen LogP contribution in [-0.2, 0) is 25.8 Å². The number of piperidine rings is 1. The maximum atomic E-state index is 12.5. The van der Waals surface area contributed by atoms with Crippen LogP contribution in [0.15, 0.2) is 23.2 Å². The van der Waals surface area contributed by atoms with Gasteiger partial charge in [0.25, 0.3) is 6.47 Å². The van der Waals surface area contributed by atoms with Crippen LogP contribution in [0.5, 0.6) is 0 Å². The number of H-pyrrole nitrogens is 1. The number of fused-ring (bicyclic) bond motifs is 2. The van der Waals surface area contributed by atoms with E-state index in [4.69, 9.17) is 4.74 Å². The Morgan fingerprint density at radius 2 is 1.94 bits per heavy atom. The number of hydrogen-bond donors (Lipinski definition) is 1. The van der Waals surface area contributed by atoms with Crippen molar-refractivity contribution in [3.05, 3.63) is 29.3 Å². The fourth-order valence-electron chi connectivity index (χ4n) is 6.46. The molecule has 3 heterocycles. The summed E-state index contributed by atoms with van der Waals surface area (Å²) in [7, 11) is -1.21. The number of aromatic nitrogens is 1. The minimum absolute atomic E-state index is 0.201. The number of likely N-dealkylation sites (N-methyl/N-ethyl adjacent to an activating group) is 1. The lowest BCUT2D eigenvalue weighted by atomic mass is 9.72. The predicted molar refractivity (Wildman–Crippen MR) is 123 cm³/mol. The van der Waals surface area contributed by atoms with E-state index < -0.39 is 9.84 Å². The molecule has 1 aromatic heterocycles. The van der Waals surface area contributed by atoms with Gasteiger partial charge in [-0.05, 0) is 49.9 Å². The maximum absolute atomic E-state index is 12.5. The van der Waals surface area contributed by atoms with Crippen LogP contribution in [-0.4, -0.2) is 74.9 Å². The van der Waals surface area contributed by atoms with Gasteiger partial charge >= 0.3 is 0 Å². The van der Waals surface area contributed by atoms with Crippen LogP contribution in [0.25, 0.3) is 10.9 Å². The lowest BCUT2D eigenvalue weighted by molar-refractivity contribution is -0.153. The van der Waals surface area contributed by atoms with E-state index in [1.807, 2.05) is 12.1 Å². The summed E-state index contributed by atoms with van der Waals surface area (Å²) < 4.78 is 30.7. The molecule has 0 amide bonds. The molecule has 32 heavy (non-hydrogen) atoms. The average molecular weight is 460 g/mol. The Kier molecular flexibility index (Phi) is 5.80. The zero-order valence-electron chi connectivity index (χ0n) is 18.9. The molecule has 1 aliphatic carbocycles. The summed E-state index contributed by atoms with van der Waals surface area (Å²) in [5, 5.41) is 1.44. The second-order valence-corrected chi connectivity index (χ2v) is 11.8. The molecule has 0 spiro atoms. The monoisotopic (exact) mass is 459 g/mol. The molecule has 2 aromatic rings. The molecule has 2 fully saturated rings. The normalized spacial score (nSPS) is 28.1. The molecule has 174 valence electrons. The number of likely N-dealkylation sites (tertiary alicyclic amines) is 2. The SMILES string of the molecule is CN1C[C@H](C(OC=O)N2CCCCCC2)CC2c3cccc4[nH]c(S(C)(=O)=O)c(c34)C[C@H]21. The highest BCUT2D eigenvalue weighted by atomic mass is 32.2. The van der Waals surface area contributed by atoms with Crippen molar-refractivity contribution < 1.29 is 17.9 Å². The van der Waals surface area contributed by atoms with Crippen molar-refractivity contribution in [3.63, 3.8) is 0 Å². The van der Waals surface area contributed by atoms with Crippen LogP contribution in [0, 0.1) is 5.92 Å². The van der Waals surface area contributed by atoms with Crippen molar-refractivity contribution in [2.45, 2.75) is 61.7 Å². The molecule has 4 atom stereocenters. The van der Waals surface area contributed by atoms with E-state index in [0.29, 0.717) is 11.5 Å². The number of ether oxygens (including phenoxy) is 1. The van der Waals surface area contributed by atoms with Gasteiger partial charge in [0, 0.05) is 54.7 Å². The van der Waals surface area contributed by atoms with E-state index in [9.17, 15) is 13.2 Å². The maximum Gasteiger partial charge on any atom is 0.294 e. The summed E-state index contributed by atoms with van der Waals surface area (Å²) >= 11 is 0. The highest BCUT2D eigenvalue weighted by molar-refractivity contribution is 7.90. The zero-order valence-corrected chi connectivity index (χ0v) is 19.7. The van der Waals surface area contributed by atoms with E-state index in [2.05, 4.69) is 27.9 Å². The van der Waals surface area contributed by atoms with Crippen LogP contribution in [0.1, 0.15) is 49.1 Å². The van der Waals surface area contributed by atoms with Crippen LogP contribution in [0.3, 0.4) is 0 Å². The van der Waals surface area contributed by atoms with Crippen molar-refractivity contribution in [1.29, 1.82) is 0 Å². The van der Waals surface area contributed by atoms with Crippen LogP contribution >= 0.6 is 0 Å². The van der Waals surface area contributed by atoms with Gasteiger partial charge in [0.2, 0.25) is 0 Å². The molecule has 1 N–H and O–H groups in total. The largest absolute Gasteiger partial charge is 0.448 e. The van der Waals surface area contributed by atoms with E-state index >= 15 is 0 Å². The quantitative estimate of drug-likeness (QED) is 0.693. The first kappa shape index (κ1) is 21.9. The molecule has 0 saturated carbocycles. The number of hydrogen-bond acceptors (Lipinski definition) is 6. The van der Waals surface area contributed by atoms with Gasteiger partial charge in [0.1, 0.15) is 5.03 Å². The summed E-state index contributed by atoms with van der Waals surface area (Å²) in [6, 6.07) is 6.38. The number of aromatic amines is 1. The van der Waals surface area contributed by atoms with Crippen molar-refractivity contribution >= 4 is 27.2 Å². The molecular formula is C24H33N3O4S. The summed E-state index contributed by atoms with van der Waals surface area (Å²) in [6.45, 7) is 3.40. The van der Waals surface area contributed by atoms with Crippen LogP contribution in [0.2, 0.25) is 0 Å². The van der Waals surface area contributed by atoms with Gasteiger partial charge in [-0.15, -0.1) is 0 Å². The first-order valence-electron chi connectivity index (χ1n) is 11.8. The molecule has 3 aliphatic rings. The number of carbonyl (C=O) groups excluding carboxylic acids is 1. The number of sulfone groups is 1. The molecule has 2 aliphatic heterocycles. The molecule has 7 nitrogen and oxygen atoms in total. The zero-order chi connectivity index (χ0) is 22.5. The molecule has 0 radical (unpaired) electrons. The molecular weight excluding hydrogens is 426 g/mol. The Labute approximate surface area is 190 Å². The number of benzene rings is 1. The third-order valence-electron chi connectivity index (χ3n) is 7.81. The Hall–Kier alpha value is -1.90. The molecule has 2 saturated heterocycles. The number of carbonyl (C=O) groups is 1. The smallest absolute Gasteiger partial charge is 0.294 e. The summed E-state index contributed by atoms with van der Waals surface area (Å²) in [5.74, 6) is 0.498. The lowest BCUT2D eigenvalue weighted by Crippen LogP contribution is -2.54. The third-order valence-corrected chi connectivity index (χ3v) is 8.90. The van der Waals surface area contributed by atoms with Crippen LogP contribution < -0.4 is 0 Å². The number of nitrogens with zero attached hydrogens (tertiary/aromatic N) is 2. The first-order chi connectivity index (χ1) is 15.4. The van der Waals surface area contributed by atoms with Crippen molar-refractivity contribution in [2.24, 2.45) is 5.92 Å². The number of nitrogens with one attached hydrogen (secondary N) is 1. The summed E-state index contributed by atoms with van der Waals surface area (Å²) in [4.78, 5) is 19.4. The van der Waals surface area contributed by atoms with E-state index in [1.54, 1.807) is 0 Å². The lowest BCUT2D eigenvalue weighted by Gasteiger charge is -2.48. The average Bonchev–Trinajstić information content (AvgIpc) is 2.94. The van der Waals surface area contributed by atoms with Crippen LogP contribution in [0.4, 0.5) is 0 Å². The second kappa shape index (κ2) is 8.47.